The molecule has 0 aromatic heterocycles. The minimum atomic E-state index is -0.919. The van der Waals surface area contributed by atoms with E-state index in [2.05, 4.69) is 10.6 Å². The molecule has 0 spiro atoms. The van der Waals surface area contributed by atoms with Crippen molar-refractivity contribution in [1.82, 2.24) is 5.32 Å². The van der Waals surface area contributed by atoms with Crippen molar-refractivity contribution >= 4 is 17.7 Å². The Labute approximate surface area is 98.6 Å². The molecule has 6 heteroatoms. The monoisotopic (exact) mass is 238 g/mol. The average Bonchev–Trinajstić information content (AvgIpc) is 2.28. The molecule has 0 aliphatic heterocycles. The van der Waals surface area contributed by atoms with Crippen LogP contribution in [0.5, 0.6) is 5.75 Å². The van der Waals surface area contributed by atoms with Gasteiger partial charge >= 0.3 is 6.09 Å². The van der Waals surface area contributed by atoms with Crippen LogP contribution in [0.3, 0.4) is 0 Å². The van der Waals surface area contributed by atoms with E-state index in [-0.39, 0.29) is 5.75 Å². The van der Waals surface area contributed by atoms with Gasteiger partial charge in [0.05, 0.1) is 0 Å². The van der Waals surface area contributed by atoms with Crippen LogP contribution in [0.15, 0.2) is 24.3 Å². The molecule has 0 saturated carbocycles. The van der Waals surface area contributed by atoms with E-state index in [4.69, 9.17) is 4.74 Å². The number of hydrogen-bond acceptors (Lipinski definition) is 4. The Balaban J connectivity index is 2.57. The van der Waals surface area contributed by atoms with Crippen molar-refractivity contribution in [1.29, 1.82) is 0 Å². The molecule has 0 radical (unpaired) electrons. The molecule has 17 heavy (non-hydrogen) atoms. The lowest BCUT2D eigenvalue weighted by Crippen LogP contribution is -2.33. The van der Waals surface area contributed by atoms with Crippen LogP contribution in [0.4, 0.5) is 10.5 Å². The van der Waals surface area contributed by atoms with Crippen molar-refractivity contribution in [3.8, 4) is 5.75 Å². The van der Waals surface area contributed by atoms with Crippen LogP contribution in [0, 0.1) is 0 Å². The minimum Gasteiger partial charge on any atom is -0.508 e. The van der Waals surface area contributed by atoms with Crippen LogP contribution in [0.2, 0.25) is 0 Å². The zero-order valence-corrected chi connectivity index (χ0v) is 9.56. The van der Waals surface area contributed by atoms with Gasteiger partial charge in [-0.1, -0.05) is 6.07 Å². The van der Waals surface area contributed by atoms with Crippen LogP contribution in [-0.4, -0.2) is 30.3 Å². The summed E-state index contributed by atoms with van der Waals surface area (Å²) >= 11 is 0. The zero-order chi connectivity index (χ0) is 12.8. The lowest BCUT2D eigenvalue weighted by molar-refractivity contribution is -0.123. The molecular formula is C11H14N2O4. The molecule has 6 nitrogen and oxygen atoms in total. The van der Waals surface area contributed by atoms with Crippen LogP contribution < -0.4 is 10.6 Å². The third-order valence-corrected chi connectivity index (χ3v) is 1.97. The van der Waals surface area contributed by atoms with Crippen molar-refractivity contribution in [2.75, 3.05) is 12.4 Å². The lowest BCUT2D eigenvalue weighted by atomic mass is 10.3. The summed E-state index contributed by atoms with van der Waals surface area (Å²) in [4.78, 5) is 22.5. The van der Waals surface area contributed by atoms with Gasteiger partial charge in [0.1, 0.15) is 5.75 Å². The van der Waals surface area contributed by atoms with Gasteiger partial charge in [0.2, 0.25) is 0 Å². The van der Waals surface area contributed by atoms with Gasteiger partial charge < -0.3 is 20.5 Å². The van der Waals surface area contributed by atoms with Gasteiger partial charge in [0, 0.05) is 18.8 Å². The van der Waals surface area contributed by atoms with E-state index in [0.29, 0.717) is 5.69 Å². The summed E-state index contributed by atoms with van der Waals surface area (Å²) in [5.74, 6) is -0.429. The molecule has 0 bridgehead atoms. The Hall–Kier alpha value is -2.24. The molecule has 0 saturated heterocycles. The summed E-state index contributed by atoms with van der Waals surface area (Å²) in [6.45, 7) is 1.45. The predicted octanol–water partition coefficient (Wildman–Crippen LogP) is 1.08. The second-order valence-electron chi connectivity index (χ2n) is 3.34. The first-order chi connectivity index (χ1) is 8.02. The normalized spacial score (nSPS) is 11.4. The Kier molecular flexibility index (Phi) is 4.33. The Bertz CT molecular complexity index is 420. The van der Waals surface area contributed by atoms with Gasteiger partial charge in [-0.2, -0.15) is 0 Å². The van der Waals surface area contributed by atoms with E-state index in [9.17, 15) is 14.7 Å². The highest BCUT2D eigenvalue weighted by molar-refractivity contribution is 5.95. The van der Waals surface area contributed by atoms with E-state index < -0.39 is 18.1 Å². The highest BCUT2D eigenvalue weighted by atomic mass is 16.6. The molecule has 1 rings (SSSR count). The predicted molar refractivity (Wildman–Crippen MR) is 61.7 cm³/mol. The zero-order valence-electron chi connectivity index (χ0n) is 9.56. The number of benzene rings is 1. The van der Waals surface area contributed by atoms with Crippen molar-refractivity contribution in [3.63, 3.8) is 0 Å². The SMILES string of the molecule is CNC(=O)OC(C)C(=O)Nc1cccc(O)c1. The van der Waals surface area contributed by atoms with Gasteiger partial charge in [0.15, 0.2) is 6.10 Å². The van der Waals surface area contributed by atoms with Gasteiger partial charge in [-0.05, 0) is 19.1 Å². The number of phenols is 1. The summed E-state index contributed by atoms with van der Waals surface area (Å²) < 4.78 is 4.74. The first kappa shape index (κ1) is 12.8. The summed E-state index contributed by atoms with van der Waals surface area (Å²) in [5, 5.41) is 14.0. The topological polar surface area (TPSA) is 87.7 Å². The number of aromatic hydroxyl groups is 1. The summed E-state index contributed by atoms with van der Waals surface area (Å²) in [5.41, 5.74) is 0.433. The number of carbonyl (C=O) groups is 2. The molecular weight excluding hydrogens is 224 g/mol. The summed E-state index contributed by atoms with van der Waals surface area (Å²) in [6.07, 6.45) is -1.60. The molecule has 1 unspecified atom stereocenters. The van der Waals surface area contributed by atoms with E-state index >= 15 is 0 Å². The molecule has 1 aromatic carbocycles. The molecule has 0 aliphatic carbocycles. The van der Waals surface area contributed by atoms with Crippen LogP contribution in [0.1, 0.15) is 6.92 Å². The molecule has 0 heterocycles. The number of carbonyl (C=O) groups excluding carboxylic acids is 2. The smallest absolute Gasteiger partial charge is 0.407 e. The third kappa shape index (κ3) is 4.02. The molecule has 0 aliphatic rings. The first-order valence-electron chi connectivity index (χ1n) is 5.01. The van der Waals surface area contributed by atoms with Crippen LogP contribution in [-0.2, 0) is 9.53 Å². The first-order valence-corrected chi connectivity index (χ1v) is 5.01. The number of anilines is 1. The maximum absolute atomic E-state index is 11.6. The third-order valence-electron chi connectivity index (χ3n) is 1.97. The number of ether oxygens (including phenoxy) is 1. The Morgan fingerprint density at radius 1 is 1.41 bits per heavy atom. The van der Waals surface area contributed by atoms with Gasteiger partial charge in [-0.3, -0.25) is 4.79 Å². The highest BCUT2D eigenvalue weighted by Crippen LogP contribution is 2.15. The van der Waals surface area contributed by atoms with E-state index in [1.54, 1.807) is 12.1 Å². The number of nitrogens with one attached hydrogen (secondary N) is 2. The van der Waals surface area contributed by atoms with Gasteiger partial charge in [-0.25, -0.2) is 4.79 Å². The molecule has 92 valence electrons. The number of rotatable bonds is 3. The van der Waals surface area contributed by atoms with Crippen LogP contribution >= 0.6 is 0 Å². The fraction of sp³-hybridized carbons (Fsp3) is 0.273. The molecule has 1 atom stereocenters. The number of phenolic OH excluding ortho intramolecular Hbond substituents is 1. The van der Waals surface area contributed by atoms with E-state index in [0.717, 1.165) is 0 Å². The summed E-state index contributed by atoms with van der Waals surface area (Å²) in [6, 6.07) is 6.09. The van der Waals surface area contributed by atoms with Crippen molar-refractivity contribution in [2.45, 2.75) is 13.0 Å². The second kappa shape index (κ2) is 5.74. The number of alkyl carbamates (subject to hydrolysis) is 1. The maximum Gasteiger partial charge on any atom is 0.407 e. The largest absolute Gasteiger partial charge is 0.508 e. The fourth-order valence-corrected chi connectivity index (χ4v) is 1.10. The number of amides is 2. The van der Waals surface area contributed by atoms with E-state index in [1.807, 2.05) is 0 Å². The Morgan fingerprint density at radius 3 is 2.71 bits per heavy atom. The average molecular weight is 238 g/mol. The van der Waals surface area contributed by atoms with E-state index in [1.165, 1.54) is 26.1 Å². The fourth-order valence-electron chi connectivity index (χ4n) is 1.10. The van der Waals surface area contributed by atoms with Crippen LogP contribution in [0.25, 0.3) is 0 Å². The minimum absolute atomic E-state index is 0.0441. The quantitative estimate of drug-likeness (QED) is 0.735. The van der Waals surface area contributed by atoms with Gasteiger partial charge in [-0.15, -0.1) is 0 Å². The summed E-state index contributed by atoms with van der Waals surface area (Å²) in [7, 11) is 1.40. The second-order valence-corrected chi connectivity index (χ2v) is 3.34. The Morgan fingerprint density at radius 2 is 2.12 bits per heavy atom. The maximum atomic E-state index is 11.6. The molecule has 3 N–H and O–H groups in total. The highest BCUT2D eigenvalue weighted by Gasteiger charge is 2.16. The lowest BCUT2D eigenvalue weighted by Gasteiger charge is -2.13. The standard InChI is InChI=1S/C11H14N2O4/c1-7(17-11(16)12-2)10(15)13-8-4-3-5-9(14)6-8/h3-7,14H,1-2H3,(H,12,16)(H,13,15). The molecule has 1 aromatic rings. The van der Waals surface area contributed by atoms with Gasteiger partial charge in [0.25, 0.3) is 5.91 Å². The molecule has 2 amide bonds. The van der Waals surface area contributed by atoms with Crippen molar-refractivity contribution in [3.05, 3.63) is 24.3 Å². The van der Waals surface area contributed by atoms with Crippen molar-refractivity contribution < 1.29 is 19.4 Å². The molecule has 0 fully saturated rings. The van der Waals surface area contributed by atoms with Crippen molar-refractivity contribution in [2.24, 2.45) is 0 Å². The number of hydrogen-bond donors (Lipinski definition) is 3.